The van der Waals surface area contributed by atoms with Gasteiger partial charge in [0, 0.05) is 13.1 Å². The molecule has 0 radical (unpaired) electrons. The average Bonchev–Trinajstić information content (AvgIpc) is 2.11. The molecule has 0 saturated carbocycles. The predicted molar refractivity (Wildman–Crippen MR) is 61.0 cm³/mol. The second kappa shape index (κ2) is 8.63. The van der Waals surface area contributed by atoms with Crippen molar-refractivity contribution in [3.05, 3.63) is 0 Å². The van der Waals surface area contributed by atoms with Crippen LogP contribution < -0.4 is 5.32 Å². The van der Waals surface area contributed by atoms with E-state index in [9.17, 15) is 4.21 Å². The molecule has 2 N–H and O–H groups in total. The van der Waals surface area contributed by atoms with Crippen molar-refractivity contribution in [2.45, 2.75) is 13.3 Å². The summed E-state index contributed by atoms with van der Waals surface area (Å²) in [5.41, 5.74) is 0. The number of nitrogens with zero attached hydrogens (tertiary/aromatic N) is 2. The first-order chi connectivity index (χ1) is 7.06. The predicted octanol–water partition coefficient (Wildman–Crippen LogP) is 0.0569. The number of hydrogen-bond donors (Lipinski definition) is 2. The molecule has 7 heteroatoms. The molecule has 0 aromatic rings. The van der Waals surface area contributed by atoms with E-state index in [-0.39, 0.29) is 6.02 Å². The molecule has 0 saturated heterocycles. The van der Waals surface area contributed by atoms with Gasteiger partial charge in [-0.05, 0) is 34.0 Å². The van der Waals surface area contributed by atoms with Gasteiger partial charge in [0.15, 0.2) is 0 Å². The Morgan fingerprint density at radius 1 is 1.60 bits per heavy atom. The van der Waals surface area contributed by atoms with Crippen LogP contribution in [0.5, 0.6) is 0 Å². The highest BCUT2D eigenvalue weighted by Crippen LogP contribution is 1.88. The Kier molecular flexibility index (Phi) is 8.25. The molecule has 0 fully saturated rings. The molecule has 0 aliphatic heterocycles. The van der Waals surface area contributed by atoms with Gasteiger partial charge in [-0.15, -0.1) is 0 Å². The molecule has 0 aromatic heterocycles. The molecule has 0 aliphatic rings. The lowest BCUT2D eigenvalue weighted by Gasteiger charge is -2.08. The van der Waals surface area contributed by atoms with Crippen molar-refractivity contribution in [1.82, 2.24) is 10.2 Å². The van der Waals surface area contributed by atoms with Crippen molar-refractivity contribution in [3.8, 4) is 0 Å². The van der Waals surface area contributed by atoms with Crippen LogP contribution in [0.25, 0.3) is 0 Å². The molecule has 0 heterocycles. The van der Waals surface area contributed by atoms with Gasteiger partial charge in [0.2, 0.25) is 0 Å². The summed E-state index contributed by atoms with van der Waals surface area (Å²) in [6.07, 6.45) is 0.878. The molecular weight excluding hydrogens is 218 g/mol. The fourth-order valence-corrected chi connectivity index (χ4v) is 1.14. The van der Waals surface area contributed by atoms with E-state index < -0.39 is 11.4 Å². The lowest BCUT2D eigenvalue weighted by atomic mass is 10.4. The zero-order valence-corrected chi connectivity index (χ0v) is 10.2. The van der Waals surface area contributed by atoms with Crippen molar-refractivity contribution in [2.75, 3.05) is 33.7 Å². The molecule has 0 rings (SSSR count). The summed E-state index contributed by atoms with van der Waals surface area (Å²) in [6, 6.07) is 0.122. The highest BCUT2D eigenvalue weighted by atomic mass is 32.2. The van der Waals surface area contributed by atoms with E-state index >= 15 is 0 Å². The molecule has 1 unspecified atom stereocenters. The maximum atomic E-state index is 10.4. The Labute approximate surface area is 93.2 Å². The third-order valence-electron chi connectivity index (χ3n) is 1.50. The number of nitrogens with one attached hydrogen (secondary N) is 1. The van der Waals surface area contributed by atoms with Gasteiger partial charge in [0.1, 0.15) is 0 Å². The van der Waals surface area contributed by atoms with Gasteiger partial charge in [0.05, 0.1) is 0 Å². The molecular formula is C8H19N3O3S. The number of aliphatic imine (C=N–C) groups is 1. The smallest absolute Gasteiger partial charge is 0.343 e. The first-order valence-electron chi connectivity index (χ1n) is 4.78. The van der Waals surface area contributed by atoms with Crippen LogP contribution in [0.1, 0.15) is 13.3 Å². The van der Waals surface area contributed by atoms with E-state index in [0.717, 1.165) is 13.0 Å². The Bertz CT molecular complexity index is 221. The summed E-state index contributed by atoms with van der Waals surface area (Å²) >= 11 is -2.32. The molecule has 15 heavy (non-hydrogen) atoms. The van der Waals surface area contributed by atoms with E-state index in [2.05, 4.69) is 14.5 Å². The third-order valence-corrected chi connectivity index (χ3v) is 1.80. The molecule has 90 valence electrons. The normalized spacial score (nSPS) is 14.1. The summed E-state index contributed by atoms with van der Waals surface area (Å²) in [5.74, 6) is 0. The first-order valence-corrected chi connectivity index (χ1v) is 5.81. The van der Waals surface area contributed by atoms with Crippen LogP contribution in [0.4, 0.5) is 0 Å². The summed E-state index contributed by atoms with van der Waals surface area (Å²) in [6.45, 7) is 3.95. The topological polar surface area (TPSA) is 74.2 Å². The van der Waals surface area contributed by atoms with Crippen LogP contribution in [0.3, 0.4) is 0 Å². The van der Waals surface area contributed by atoms with Gasteiger partial charge in [0.25, 0.3) is 0 Å². The SMILES string of the molecule is CCNC(=NCCCN(C)C)OS(=O)O. The third kappa shape index (κ3) is 9.64. The molecule has 0 bridgehead atoms. The van der Waals surface area contributed by atoms with Crippen molar-refractivity contribution < 1.29 is 12.9 Å². The Morgan fingerprint density at radius 3 is 2.73 bits per heavy atom. The summed E-state index contributed by atoms with van der Waals surface area (Å²) < 4.78 is 23.5. The Morgan fingerprint density at radius 2 is 2.27 bits per heavy atom. The lowest BCUT2D eigenvalue weighted by molar-refractivity contribution is 0.401. The molecule has 1 atom stereocenters. The molecule has 6 nitrogen and oxygen atoms in total. The second-order valence-corrected chi connectivity index (χ2v) is 3.78. The Hall–Kier alpha value is -0.660. The van der Waals surface area contributed by atoms with E-state index in [1.165, 1.54) is 0 Å². The number of rotatable bonds is 6. The highest BCUT2D eigenvalue weighted by molar-refractivity contribution is 7.74. The van der Waals surface area contributed by atoms with Gasteiger partial charge in [-0.3, -0.25) is 4.55 Å². The minimum atomic E-state index is -2.32. The van der Waals surface area contributed by atoms with E-state index in [1.54, 1.807) is 0 Å². The van der Waals surface area contributed by atoms with Crippen LogP contribution in [-0.2, 0) is 15.5 Å². The average molecular weight is 237 g/mol. The summed E-state index contributed by atoms with van der Waals surface area (Å²) in [4.78, 5) is 6.08. The van der Waals surface area contributed by atoms with E-state index in [4.69, 9.17) is 4.55 Å². The van der Waals surface area contributed by atoms with E-state index in [1.807, 2.05) is 25.9 Å². The minimum absolute atomic E-state index is 0.122. The molecule has 0 aromatic carbocycles. The van der Waals surface area contributed by atoms with E-state index in [0.29, 0.717) is 13.1 Å². The van der Waals surface area contributed by atoms with Gasteiger partial charge >= 0.3 is 17.4 Å². The Balaban J connectivity index is 3.88. The quantitative estimate of drug-likeness (QED) is 0.296. The monoisotopic (exact) mass is 237 g/mol. The minimum Gasteiger partial charge on any atom is -0.343 e. The largest absolute Gasteiger partial charge is 0.360 e. The first kappa shape index (κ1) is 14.3. The number of hydrogen-bond acceptors (Lipinski definition) is 4. The zero-order chi connectivity index (χ0) is 11.7. The van der Waals surface area contributed by atoms with Crippen LogP contribution in [0.2, 0.25) is 0 Å². The molecule has 0 aliphatic carbocycles. The fraction of sp³-hybridized carbons (Fsp3) is 0.875. The van der Waals surface area contributed by atoms with Crippen LogP contribution >= 0.6 is 0 Å². The fourth-order valence-electron chi connectivity index (χ4n) is 0.898. The maximum Gasteiger partial charge on any atom is 0.360 e. The highest BCUT2D eigenvalue weighted by Gasteiger charge is 2.02. The summed E-state index contributed by atoms with van der Waals surface area (Å²) in [7, 11) is 3.96. The van der Waals surface area contributed by atoms with Crippen molar-refractivity contribution in [3.63, 3.8) is 0 Å². The van der Waals surface area contributed by atoms with Crippen molar-refractivity contribution in [1.29, 1.82) is 0 Å². The maximum absolute atomic E-state index is 10.4. The van der Waals surface area contributed by atoms with Gasteiger partial charge < -0.3 is 14.4 Å². The van der Waals surface area contributed by atoms with Crippen LogP contribution in [-0.4, -0.2) is 53.4 Å². The molecule has 0 spiro atoms. The molecule has 0 amide bonds. The standard InChI is InChI=1S/C8H19N3O3S/c1-4-9-8(14-15(12)13)10-6-5-7-11(2)3/h4-7H2,1-3H3,(H,9,10)(H,12,13). The van der Waals surface area contributed by atoms with Gasteiger partial charge in [-0.25, -0.2) is 4.99 Å². The number of amidine groups is 1. The lowest BCUT2D eigenvalue weighted by Crippen LogP contribution is -2.27. The summed E-state index contributed by atoms with van der Waals surface area (Å²) in [5, 5.41) is 2.76. The van der Waals surface area contributed by atoms with Crippen LogP contribution in [0, 0.1) is 0 Å². The van der Waals surface area contributed by atoms with Crippen LogP contribution in [0.15, 0.2) is 4.99 Å². The zero-order valence-electron chi connectivity index (χ0n) is 9.39. The van der Waals surface area contributed by atoms with Gasteiger partial charge in [-0.2, -0.15) is 4.21 Å². The van der Waals surface area contributed by atoms with Crippen molar-refractivity contribution in [2.24, 2.45) is 4.99 Å². The van der Waals surface area contributed by atoms with Crippen molar-refractivity contribution >= 4 is 17.4 Å². The second-order valence-electron chi connectivity index (χ2n) is 3.17. The van der Waals surface area contributed by atoms with Gasteiger partial charge in [-0.1, -0.05) is 0 Å².